The van der Waals surface area contributed by atoms with E-state index in [-0.39, 0.29) is 11.6 Å². The second kappa shape index (κ2) is 5.45. The summed E-state index contributed by atoms with van der Waals surface area (Å²) >= 11 is 0. The van der Waals surface area contributed by atoms with E-state index in [4.69, 9.17) is 0 Å². The number of aromatic nitrogens is 2. The molecular formula is C16H13N3O4. The number of aromatic hydroxyl groups is 2. The Labute approximate surface area is 130 Å². The fourth-order valence-corrected chi connectivity index (χ4v) is 2.35. The molecule has 0 radical (unpaired) electrons. The molecule has 2 aromatic heterocycles. The van der Waals surface area contributed by atoms with Gasteiger partial charge in [-0.2, -0.15) is 0 Å². The largest absolute Gasteiger partial charge is 0.506 e. The predicted octanol–water partition coefficient (Wildman–Crippen LogP) is 1.60. The zero-order valence-electron chi connectivity index (χ0n) is 12.1. The number of fused-ring (bicyclic) bond motifs is 1. The Morgan fingerprint density at radius 1 is 1.17 bits per heavy atom. The van der Waals surface area contributed by atoms with Crippen LogP contribution in [0.4, 0.5) is 5.82 Å². The lowest BCUT2D eigenvalue weighted by molar-refractivity contribution is 0.102. The van der Waals surface area contributed by atoms with Crippen molar-refractivity contribution in [3.05, 3.63) is 58.5 Å². The van der Waals surface area contributed by atoms with Crippen molar-refractivity contribution in [1.29, 1.82) is 0 Å². The molecule has 2 heterocycles. The Kier molecular flexibility index (Phi) is 3.46. The van der Waals surface area contributed by atoms with Gasteiger partial charge in [-0.15, -0.1) is 0 Å². The van der Waals surface area contributed by atoms with Gasteiger partial charge in [0.2, 0.25) is 0 Å². The second-order valence-electron chi connectivity index (χ2n) is 4.93. The van der Waals surface area contributed by atoms with Crippen molar-refractivity contribution in [3.63, 3.8) is 0 Å². The van der Waals surface area contributed by atoms with Gasteiger partial charge in [0.15, 0.2) is 11.6 Å². The molecule has 7 nitrogen and oxygen atoms in total. The second-order valence-corrected chi connectivity index (χ2v) is 4.93. The summed E-state index contributed by atoms with van der Waals surface area (Å²) in [5.74, 6) is -1.58. The highest BCUT2D eigenvalue weighted by molar-refractivity contribution is 6.09. The average Bonchev–Trinajstić information content (AvgIpc) is 2.55. The maximum absolute atomic E-state index is 12.4. The van der Waals surface area contributed by atoms with Gasteiger partial charge in [-0.3, -0.25) is 9.59 Å². The summed E-state index contributed by atoms with van der Waals surface area (Å²) in [6.45, 7) is 0. The molecule has 23 heavy (non-hydrogen) atoms. The Bertz CT molecular complexity index is 979. The maximum atomic E-state index is 12.4. The fourth-order valence-electron chi connectivity index (χ4n) is 2.35. The molecular weight excluding hydrogens is 298 g/mol. The van der Waals surface area contributed by atoms with Gasteiger partial charge in [-0.05, 0) is 24.3 Å². The Morgan fingerprint density at radius 2 is 1.91 bits per heavy atom. The fraction of sp³-hybridized carbons (Fsp3) is 0.0625. The van der Waals surface area contributed by atoms with Crippen LogP contribution in [0.2, 0.25) is 0 Å². The predicted molar refractivity (Wildman–Crippen MR) is 84.7 cm³/mol. The number of amides is 1. The van der Waals surface area contributed by atoms with Crippen LogP contribution in [0, 0.1) is 0 Å². The molecule has 1 amide bonds. The lowest BCUT2D eigenvalue weighted by Crippen LogP contribution is -2.28. The van der Waals surface area contributed by atoms with Crippen LogP contribution in [0.15, 0.2) is 47.4 Å². The van der Waals surface area contributed by atoms with Gasteiger partial charge in [-0.25, -0.2) is 4.98 Å². The van der Waals surface area contributed by atoms with Crippen LogP contribution in [0.1, 0.15) is 10.4 Å². The average molecular weight is 311 g/mol. The summed E-state index contributed by atoms with van der Waals surface area (Å²) in [7, 11) is 1.51. The van der Waals surface area contributed by atoms with E-state index in [2.05, 4.69) is 10.3 Å². The van der Waals surface area contributed by atoms with E-state index in [9.17, 15) is 19.8 Å². The number of aryl methyl sites for hydroxylation is 1. The lowest BCUT2D eigenvalue weighted by Gasteiger charge is -2.12. The minimum atomic E-state index is -0.845. The van der Waals surface area contributed by atoms with E-state index in [0.29, 0.717) is 10.9 Å². The SMILES string of the molecule is Cn1c(=O)c(C(=O)Nc2ncccc2O)c(O)c2ccccc21. The molecule has 0 saturated carbocycles. The van der Waals surface area contributed by atoms with Gasteiger partial charge in [0.25, 0.3) is 11.5 Å². The smallest absolute Gasteiger partial charge is 0.267 e. The van der Waals surface area contributed by atoms with Gasteiger partial charge in [0, 0.05) is 18.6 Å². The summed E-state index contributed by atoms with van der Waals surface area (Å²) in [5.41, 5.74) is -0.544. The number of nitrogens with one attached hydrogen (secondary N) is 1. The summed E-state index contributed by atoms with van der Waals surface area (Å²) in [6.07, 6.45) is 1.38. The molecule has 0 aliphatic carbocycles. The maximum Gasteiger partial charge on any atom is 0.267 e. The molecule has 0 spiro atoms. The normalized spacial score (nSPS) is 10.7. The molecule has 0 saturated heterocycles. The van der Waals surface area contributed by atoms with Crippen molar-refractivity contribution in [3.8, 4) is 11.5 Å². The monoisotopic (exact) mass is 311 g/mol. The molecule has 3 rings (SSSR count). The van der Waals surface area contributed by atoms with Crippen LogP contribution < -0.4 is 10.9 Å². The number of benzene rings is 1. The standard InChI is InChI=1S/C16H13N3O4/c1-19-10-6-3-2-5-9(10)13(21)12(16(19)23)15(22)18-14-11(20)7-4-8-17-14/h2-8,20-21H,1H3,(H,17,18,22). The molecule has 0 aliphatic heterocycles. The summed E-state index contributed by atoms with van der Waals surface area (Å²) in [5, 5.41) is 22.7. The van der Waals surface area contributed by atoms with Crippen molar-refractivity contribution in [2.24, 2.45) is 7.05 Å². The van der Waals surface area contributed by atoms with Crippen molar-refractivity contribution in [2.45, 2.75) is 0 Å². The highest BCUT2D eigenvalue weighted by atomic mass is 16.3. The molecule has 0 unspecified atom stereocenters. The molecule has 116 valence electrons. The Hall–Kier alpha value is -3.35. The number of anilines is 1. The van der Waals surface area contributed by atoms with Crippen molar-refractivity contribution >= 4 is 22.6 Å². The van der Waals surface area contributed by atoms with Crippen molar-refractivity contribution in [2.75, 3.05) is 5.32 Å². The quantitative estimate of drug-likeness (QED) is 0.667. The topological polar surface area (TPSA) is 104 Å². The van der Waals surface area contributed by atoms with E-state index in [1.54, 1.807) is 24.3 Å². The first-order valence-electron chi connectivity index (χ1n) is 6.76. The first-order chi connectivity index (χ1) is 11.0. The third-order valence-corrected chi connectivity index (χ3v) is 3.52. The van der Waals surface area contributed by atoms with Crippen LogP contribution in [-0.2, 0) is 7.05 Å². The summed E-state index contributed by atoms with van der Waals surface area (Å²) in [6, 6.07) is 9.55. The number of rotatable bonds is 2. The van der Waals surface area contributed by atoms with E-state index < -0.39 is 22.8 Å². The van der Waals surface area contributed by atoms with Crippen molar-refractivity contribution in [1.82, 2.24) is 9.55 Å². The van der Waals surface area contributed by atoms with Crippen LogP contribution in [0.5, 0.6) is 11.5 Å². The van der Waals surface area contributed by atoms with Gasteiger partial charge in [0.1, 0.15) is 11.3 Å². The number of carbonyl (C=O) groups is 1. The minimum absolute atomic E-state index is 0.0906. The van der Waals surface area contributed by atoms with Crippen LogP contribution in [0.25, 0.3) is 10.9 Å². The molecule has 3 aromatic rings. The number of pyridine rings is 2. The molecule has 0 fully saturated rings. The molecule has 0 atom stereocenters. The van der Waals surface area contributed by atoms with Crippen LogP contribution in [0.3, 0.4) is 0 Å². The highest BCUT2D eigenvalue weighted by Crippen LogP contribution is 2.27. The van der Waals surface area contributed by atoms with Gasteiger partial charge >= 0.3 is 0 Å². The molecule has 0 bridgehead atoms. The highest BCUT2D eigenvalue weighted by Gasteiger charge is 2.22. The first kappa shape index (κ1) is 14.6. The summed E-state index contributed by atoms with van der Waals surface area (Å²) in [4.78, 5) is 28.6. The summed E-state index contributed by atoms with van der Waals surface area (Å²) < 4.78 is 1.28. The van der Waals surface area contributed by atoms with Gasteiger partial charge in [-0.1, -0.05) is 12.1 Å². The first-order valence-corrected chi connectivity index (χ1v) is 6.76. The number of hydrogen-bond acceptors (Lipinski definition) is 5. The third-order valence-electron chi connectivity index (χ3n) is 3.52. The number of carbonyl (C=O) groups excluding carboxylic acids is 1. The van der Waals surface area contributed by atoms with Crippen LogP contribution >= 0.6 is 0 Å². The zero-order valence-corrected chi connectivity index (χ0v) is 12.1. The van der Waals surface area contributed by atoms with E-state index >= 15 is 0 Å². The van der Waals surface area contributed by atoms with E-state index in [1.807, 2.05) is 0 Å². The molecule has 1 aromatic carbocycles. The molecule has 3 N–H and O–H groups in total. The molecule has 0 aliphatic rings. The Balaban J connectivity index is 2.15. The van der Waals surface area contributed by atoms with E-state index in [0.717, 1.165) is 0 Å². The van der Waals surface area contributed by atoms with Crippen LogP contribution in [-0.4, -0.2) is 25.7 Å². The number of nitrogens with zero attached hydrogens (tertiary/aromatic N) is 2. The lowest BCUT2D eigenvalue weighted by atomic mass is 10.1. The van der Waals surface area contributed by atoms with Crippen molar-refractivity contribution < 1.29 is 15.0 Å². The zero-order chi connectivity index (χ0) is 16.6. The molecule has 7 heteroatoms. The van der Waals surface area contributed by atoms with Gasteiger partial charge < -0.3 is 20.1 Å². The minimum Gasteiger partial charge on any atom is -0.506 e. The van der Waals surface area contributed by atoms with Gasteiger partial charge in [0.05, 0.1) is 5.52 Å². The number of para-hydroxylation sites is 1. The third kappa shape index (κ3) is 2.38. The van der Waals surface area contributed by atoms with E-state index in [1.165, 1.54) is 29.9 Å². The Morgan fingerprint density at radius 3 is 2.65 bits per heavy atom. The number of hydrogen-bond donors (Lipinski definition) is 3.